The molecule has 2 N–H and O–H groups in total. The van der Waals surface area contributed by atoms with E-state index in [-0.39, 0.29) is 19.3 Å². The van der Waals surface area contributed by atoms with Crippen LogP contribution in [0.25, 0.3) is 0 Å². The van der Waals surface area contributed by atoms with E-state index in [0.717, 1.165) is 43.2 Å². The van der Waals surface area contributed by atoms with Crippen molar-refractivity contribution in [1.82, 2.24) is 10.6 Å². The van der Waals surface area contributed by atoms with Crippen LogP contribution >= 0.6 is 0 Å². The number of amides is 2. The minimum atomic E-state index is -1.30. The van der Waals surface area contributed by atoms with Crippen LogP contribution in [0, 0.1) is 0 Å². The quantitative estimate of drug-likeness (QED) is 0.307. The number of hydrogen-bond donors (Lipinski definition) is 2. The second-order valence-corrected chi connectivity index (χ2v) is 9.40. The molecule has 0 saturated heterocycles. The van der Waals surface area contributed by atoms with Gasteiger partial charge in [0.05, 0.1) is 13.5 Å². The van der Waals surface area contributed by atoms with Gasteiger partial charge in [-0.3, -0.25) is 9.59 Å². The molecule has 1 aliphatic carbocycles. The highest BCUT2D eigenvalue weighted by atomic mass is 16.6. The zero-order valence-electron chi connectivity index (χ0n) is 22.4. The number of carbonyl (C=O) groups excluding carboxylic acids is 4. The van der Waals surface area contributed by atoms with Crippen molar-refractivity contribution < 1.29 is 38.1 Å². The third-order valence-corrected chi connectivity index (χ3v) is 6.29. The first-order valence-electron chi connectivity index (χ1n) is 13.1. The molecule has 0 bridgehead atoms. The summed E-state index contributed by atoms with van der Waals surface area (Å²) in [7, 11) is 1.56. The van der Waals surface area contributed by atoms with Gasteiger partial charge in [0.1, 0.15) is 37.2 Å². The lowest BCUT2D eigenvalue weighted by molar-refractivity contribution is -0.152. The summed E-state index contributed by atoms with van der Waals surface area (Å²) in [6.07, 6.45) is 3.10. The van der Waals surface area contributed by atoms with Gasteiger partial charge in [-0.05, 0) is 55.9 Å². The fourth-order valence-electron chi connectivity index (χ4n) is 4.07. The van der Waals surface area contributed by atoms with Crippen molar-refractivity contribution in [3.05, 3.63) is 65.7 Å². The largest absolute Gasteiger partial charge is 0.497 e. The number of esters is 2. The SMILES string of the molecule is COc1ccc(COC(=O)C(C)NC(=O)C(CC(=O)OC2CCCCC2)NC(=O)OCc2ccccc2)cc1. The van der Waals surface area contributed by atoms with Crippen molar-refractivity contribution >= 4 is 23.9 Å². The van der Waals surface area contributed by atoms with Crippen molar-refractivity contribution in [3.8, 4) is 5.75 Å². The number of carbonyl (C=O) groups is 4. The molecular formula is C29H36N2O8. The summed E-state index contributed by atoms with van der Waals surface area (Å²) in [5, 5.41) is 4.94. The summed E-state index contributed by atoms with van der Waals surface area (Å²) in [5.41, 5.74) is 1.51. The van der Waals surface area contributed by atoms with E-state index >= 15 is 0 Å². The maximum Gasteiger partial charge on any atom is 0.408 e. The lowest BCUT2D eigenvalue weighted by Gasteiger charge is -2.24. The second kappa shape index (κ2) is 15.4. The normalized spacial score (nSPS) is 14.8. The number of methoxy groups -OCH3 is 1. The van der Waals surface area contributed by atoms with Crippen molar-refractivity contribution in [2.24, 2.45) is 0 Å². The molecule has 2 unspecified atom stereocenters. The van der Waals surface area contributed by atoms with Gasteiger partial charge in [0.25, 0.3) is 0 Å². The summed E-state index contributed by atoms with van der Waals surface area (Å²) in [6, 6.07) is 13.7. The Balaban J connectivity index is 1.55. The molecule has 39 heavy (non-hydrogen) atoms. The molecule has 0 aliphatic heterocycles. The standard InChI is InChI=1S/C29H36N2O8/c1-20(28(34)37-18-22-13-15-23(36-2)16-14-22)30-27(33)25(17-26(32)39-24-11-7-4-8-12-24)31-29(35)38-19-21-9-5-3-6-10-21/h3,5-6,9-10,13-16,20,24-25H,4,7-8,11-12,17-19H2,1-2H3,(H,30,33)(H,31,35). The average molecular weight is 541 g/mol. The molecule has 1 saturated carbocycles. The molecule has 2 aromatic rings. The molecule has 0 aromatic heterocycles. The number of benzene rings is 2. The van der Waals surface area contributed by atoms with Crippen molar-refractivity contribution in [2.75, 3.05) is 7.11 Å². The summed E-state index contributed by atoms with van der Waals surface area (Å²) in [4.78, 5) is 50.6. The van der Waals surface area contributed by atoms with Gasteiger partial charge in [0, 0.05) is 0 Å². The molecule has 10 heteroatoms. The van der Waals surface area contributed by atoms with Crippen LogP contribution in [0.15, 0.2) is 54.6 Å². The van der Waals surface area contributed by atoms with E-state index in [4.69, 9.17) is 18.9 Å². The Labute approximate surface area is 228 Å². The van der Waals surface area contributed by atoms with E-state index in [1.165, 1.54) is 6.92 Å². The van der Waals surface area contributed by atoms with Crippen LogP contribution in [0.5, 0.6) is 5.75 Å². The maximum absolute atomic E-state index is 13.0. The molecule has 2 atom stereocenters. The van der Waals surface area contributed by atoms with Gasteiger partial charge in [-0.2, -0.15) is 0 Å². The number of nitrogens with one attached hydrogen (secondary N) is 2. The minimum Gasteiger partial charge on any atom is -0.497 e. The van der Waals surface area contributed by atoms with Crippen LogP contribution in [-0.2, 0) is 41.8 Å². The fourth-order valence-corrected chi connectivity index (χ4v) is 4.07. The van der Waals surface area contributed by atoms with Gasteiger partial charge in [-0.25, -0.2) is 9.59 Å². The Morgan fingerprint density at radius 1 is 0.846 bits per heavy atom. The smallest absolute Gasteiger partial charge is 0.408 e. The van der Waals surface area contributed by atoms with Gasteiger partial charge in [0.2, 0.25) is 5.91 Å². The predicted octanol–water partition coefficient (Wildman–Crippen LogP) is 3.80. The number of rotatable bonds is 12. The third kappa shape index (κ3) is 10.3. The second-order valence-electron chi connectivity index (χ2n) is 9.40. The molecule has 0 radical (unpaired) electrons. The molecule has 3 rings (SSSR count). The average Bonchev–Trinajstić information content (AvgIpc) is 2.95. The Morgan fingerprint density at radius 3 is 2.15 bits per heavy atom. The van der Waals surface area contributed by atoms with Crippen molar-refractivity contribution in [3.63, 3.8) is 0 Å². The van der Waals surface area contributed by atoms with Gasteiger partial charge in [-0.15, -0.1) is 0 Å². The van der Waals surface area contributed by atoms with Crippen LogP contribution in [-0.4, -0.2) is 49.2 Å². The first-order valence-corrected chi connectivity index (χ1v) is 13.1. The van der Waals surface area contributed by atoms with Crippen LogP contribution in [0.3, 0.4) is 0 Å². The number of ether oxygens (including phenoxy) is 4. The van der Waals surface area contributed by atoms with E-state index in [2.05, 4.69) is 10.6 Å². The zero-order chi connectivity index (χ0) is 28.0. The van der Waals surface area contributed by atoms with E-state index in [1.807, 2.05) is 18.2 Å². The van der Waals surface area contributed by atoms with Crippen LogP contribution in [0.4, 0.5) is 4.79 Å². The van der Waals surface area contributed by atoms with E-state index in [9.17, 15) is 19.2 Å². The topological polar surface area (TPSA) is 129 Å². The lowest BCUT2D eigenvalue weighted by atomic mass is 9.98. The number of hydrogen-bond acceptors (Lipinski definition) is 8. The third-order valence-electron chi connectivity index (χ3n) is 6.29. The molecule has 0 heterocycles. The van der Waals surface area contributed by atoms with Gasteiger partial charge < -0.3 is 29.6 Å². The first-order chi connectivity index (χ1) is 18.8. The predicted molar refractivity (Wildman–Crippen MR) is 142 cm³/mol. The molecule has 2 amide bonds. The summed E-state index contributed by atoms with van der Waals surface area (Å²) in [6.45, 7) is 1.45. The Morgan fingerprint density at radius 2 is 1.49 bits per heavy atom. The van der Waals surface area contributed by atoms with Gasteiger partial charge in [0.15, 0.2) is 0 Å². The summed E-state index contributed by atoms with van der Waals surface area (Å²) < 4.78 is 21.1. The fraction of sp³-hybridized carbons (Fsp3) is 0.448. The van der Waals surface area contributed by atoms with Crippen LogP contribution < -0.4 is 15.4 Å². The molecule has 10 nitrogen and oxygen atoms in total. The van der Waals surface area contributed by atoms with Crippen LogP contribution in [0.1, 0.15) is 56.6 Å². The molecule has 1 aliphatic rings. The van der Waals surface area contributed by atoms with Crippen molar-refractivity contribution in [1.29, 1.82) is 0 Å². The molecule has 210 valence electrons. The maximum atomic E-state index is 13.0. The van der Waals surface area contributed by atoms with E-state index in [0.29, 0.717) is 5.75 Å². The van der Waals surface area contributed by atoms with Crippen LogP contribution in [0.2, 0.25) is 0 Å². The Bertz CT molecular complexity index is 1080. The molecule has 1 fully saturated rings. The van der Waals surface area contributed by atoms with Gasteiger partial charge in [-0.1, -0.05) is 48.9 Å². The van der Waals surface area contributed by atoms with E-state index in [1.54, 1.807) is 43.5 Å². The van der Waals surface area contributed by atoms with Gasteiger partial charge >= 0.3 is 18.0 Å². The Kier molecular flexibility index (Phi) is 11.6. The number of alkyl carbamates (subject to hydrolysis) is 1. The minimum absolute atomic E-state index is 0.00421. The molecule has 2 aromatic carbocycles. The van der Waals surface area contributed by atoms with Crippen molar-refractivity contribution in [2.45, 2.75) is 76.9 Å². The lowest BCUT2D eigenvalue weighted by Crippen LogP contribution is -2.52. The van der Waals surface area contributed by atoms with E-state index < -0.39 is 42.4 Å². The molecular weight excluding hydrogens is 504 g/mol. The highest BCUT2D eigenvalue weighted by Crippen LogP contribution is 2.21. The summed E-state index contributed by atoms with van der Waals surface area (Å²) >= 11 is 0. The summed E-state index contributed by atoms with van der Waals surface area (Å²) in [5.74, 6) is -1.34. The monoisotopic (exact) mass is 540 g/mol. The highest BCUT2D eigenvalue weighted by molar-refractivity contribution is 5.92. The zero-order valence-corrected chi connectivity index (χ0v) is 22.4. The molecule has 0 spiro atoms. The highest BCUT2D eigenvalue weighted by Gasteiger charge is 2.29. The first kappa shape index (κ1) is 29.5. The Hall–Kier alpha value is -4.08.